The van der Waals surface area contributed by atoms with Crippen molar-refractivity contribution in [1.82, 2.24) is 0 Å². The molecule has 2 aromatic rings. The maximum Gasteiger partial charge on any atom is 0.187 e. The number of carbonyl (C=O) groups excluding carboxylic acids is 1. The molecule has 0 aliphatic heterocycles. The summed E-state index contributed by atoms with van der Waals surface area (Å²) in [5.74, 6) is 0.00787. The van der Waals surface area contributed by atoms with Crippen molar-refractivity contribution >= 4 is 27.0 Å². The zero-order valence-corrected chi connectivity index (χ0v) is 11.9. The van der Waals surface area contributed by atoms with Crippen molar-refractivity contribution in [1.29, 1.82) is 0 Å². The lowest BCUT2D eigenvalue weighted by atomic mass is 10.1. The first-order valence-corrected chi connectivity index (χ1v) is 8.47. The van der Waals surface area contributed by atoms with Gasteiger partial charge in [0, 0.05) is 12.0 Å². The summed E-state index contributed by atoms with van der Waals surface area (Å²) < 4.78 is 24.2. The zero-order valence-electron chi connectivity index (χ0n) is 10.3. The Morgan fingerprint density at radius 2 is 1.79 bits per heavy atom. The molecular formula is C14H14O3S2. The Morgan fingerprint density at radius 1 is 1.05 bits per heavy atom. The smallest absolute Gasteiger partial charge is 0.187 e. The van der Waals surface area contributed by atoms with Crippen LogP contribution in [-0.2, 0) is 9.84 Å². The van der Waals surface area contributed by atoms with Crippen LogP contribution in [0, 0.1) is 0 Å². The van der Waals surface area contributed by atoms with E-state index in [-0.39, 0.29) is 18.0 Å². The SMILES string of the molecule is O=C(CCCS(=O)(=O)c1cccs1)c1ccccc1. The van der Waals surface area contributed by atoms with E-state index in [1.165, 1.54) is 11.3 Å². The average Bonchev–Trinajstić information content (AvgIpc) is 2.94. The van der Waals surface area contributed by atoms with Crippen LogP contribution in [0.5, 0.6) is 0 Å². The van der Waals surface area contributed by atoms with Crippen LogP contribution in [0.15, 0.2) is 52.1 Å². The Labute approximate surface area is 116 Å². The summed E-state index contributed by atoms with van der Waals surface area (Å²) in [5, 5.41) is 1.74. The van der Waals surface area contributed by atoms with Gasteiger partial charge in [0.2, 0.25) is 0 Å². The van der Waals surface area contributed by atoms with Crippen molar-refractivity contribution < 1.29 is 13.2 Å². The molecule has 0 bridgehead atoms. The second-order valence-corrected chi connectivity index (χ2v) is 7.43. The quantitative estimate of drug-likeness (QED) is 0.769. The van der Waals surface area contributed by atoms with Crippen LogP contribution in [-0.4, -0.2) is 20.0 Å². The van der Waals surface area contributed by atoms with Crippen molar-refractivity contribution in [3.05, 3.63) is 53.4 Å². The number of hydrogen-bond acceptors (Lipinski definition) is 4. The van der Waals surface area contributed by atoms with Crippen LogP contribution in [0.1, 0.15) is 23.2 Å². The molecule has 0 amide bonds. The van der Waals surface area contributed by atoms with Gasteiger partial charge in [0.05, 0.1) is 5.75 Å². The van der Waals surface area contributed by atoms with Gasteiger partial charge in [-0.05, 0) is 17.9 Å². The van der Waals surface area contributed by atoms with Crippen LogP contribution in [0.2, 0.25) is 0 Å². The van der Waals surface area contributed by atoms with E-state index in [2.05, 4.69) is 0 Å². The first kappa shape index (κ1) is 14.0. The molecule has 5 heteroatoms. The molecule has 0 fully saturated rings. The Kier molecular flexibility index (Phi) is 4.50. The van der Waals surface area contributed by atoms with E-state index in [0.29, 0.717) is 16.2 Å². The van der Waals surface area contributed by atoms with Gasteiger partial charge in [0.15, 0.2) is 15.6 Å². The number of benzene rings is 1. The first-order valence-electron chi connectivity index (χ1n) is 5.94. The molecule has 0 N–H and O–H groups in total. The van der Waals surface area contributed by atoms with Gasteiger partial charge in [-0.2, -0.15) is 0 Å². The lowest BCUT2D eigenvalue weighted by Gasteiger charge is -2.02. The van der Waals surface area contributed by atoms with Crippen molar-refractivity contribution in [3.8, 4) is 0 Å². The molecule has 0 unspecified atom stereocenters. The van der Waals surface area contributed by atoms with Gasteiger partial charge in [0.25, 0.3) is 0 Å². The molecule has 0 radical (unpaired) electrons. The molecule has 19 heavy (non-hydrogen) atoms. The predicted molar refractivity (Wildman–Crippen MR) is 76.4 cm³/mol. The first-order chi connectivity index (χ1) is 9.09. The van der Waals surface area contributed by atoms with Gasteiger partial charge >= 0.3 is 0 Å². The molecule has 1 aromatic heterocycles. The van der Waals surface area contributed by atoms with E-state index in [1.54, 1.807) is 41.8 Å². The van der Waals surface area contributed by atoms with E-state index in [9.17, 15) is 13.2 Å². The fraction of sp³-hybridized carbons (Fsp3) is 0.214. The maximum atomic E-state index is 11.9. The topological polar surface area (TPSA) is 51.2 Å². The average molecular weight is 294 g/mol. The fourth-order valence-corrected chi connectivity index (χ4v) is 4.20. The summed E-state index contributed by atoms with van der Waals surface area (Å²) in [6, 6.07) is 12.3. The van der Waals surface area contributed by atoms with Crippen LogP contribution >= 0.6 is 11.3 Å². The Bertz CT molecular complexity index is 629. The Balaban J connectivity index is 1.89. The molecule has 2 rings (SSSR count). The third kappa shape index (κ3) is 3.75. The van der Waals surface area contributed by atoms with Gasteiger partial charge < -0.3 is 0 Å². The summed E-state index contributed by atoms with van der Waals surface area (Å²) in [6.45, 7) is 0. The molecule has 0 aliphatic rings. The number of Topliss-reactive ketones (excluding diaryl/α,β-unsaturated/α-hetero) is 1. The summed E-state index contributed by atoms with van der Waals surface area (Å²) in [4.78, 5) is 11.8. The van der Waals surface area contributed by atoms with Crippen molar-refractivity contribution in [2.24, 2.45) is 0 Å². The molecule has 1 aromatic carbocycles. The van der Waals surface area contributed by atoms with E-state index in [1.807, 2.05) is 6.07 Å². The van der Waals surface area contributed by atoms with Crippen molar-refractivity contribution in [3.63, 3.8) is 0 Å². The third-order valence-corrected chi connectivity index (χ3v) is 6.00. The largest absolute Gasteiger partial charge is 0.294 e. The van der Waals surface area contributed by atoms with Gasteiger partial charge in [-0.15, -0.1) is 11.3 Å². The molecular weight excluding hydrogens is 280 g/mol. The molecule has 0 spiro atoms. The lowest BCUT2D eigenvalue weighted by molar-refractivity contribution is 0.0982. The highest BCUT2D eigenvalue weighted by molar-refractivity contribution is 7.93. The minimum absolute atomic E-state index is 0.0121. The van der Waals surface area contributed by atoms with Gasteiger partial charge in [-0.25, -0.2) is 8.42 Å². The summed E-state index contributed by atoms with van der Waals surface area (Å²) in [7, 11) is -3.23. The highest BCUT2D eigenvalue weighted by Crippen LogP contribution is 2.18. The van der Waals surface area contributed by atoms with Gasteiger partial charge in [-0.1, -0.05) is 36.4 Å². The number of carbonyl (C=O) groups is 1. The molecule has 0 saturated heterocycles. The number of ketones is 1. The van der Waals surface area contributed by atoms with E-state index < -0.39 is 9.84 Å². The molecule has 0 saturated carbocycles. The third-order valence-electron chi connectivity index (χ3n) is 2.71. The van der Waals surface area contributed by atoms with Crippen molar-refractivity contribution in [2.75, 3.05) is 5.75 Å². The van der Waals surface area contributed by atoms with E-state index in [4.69, 9.17) is 0 Å². The summed E-state index contributed by atoms with van der Waals surface area (Å²) in [5.41, 5.74) is 0.635. The second kappa shape index (κ2) is 6.12. The number of hydrogen-bond donors (Lipinski definition) is 0. The molecule has 100 valence electrons. The Morgan fingerprint density at radius 3 is 2.42 bits per heavy atom. The highest BCUT2D eigenvalue weighted by atomic mass is 32.2. The molecule has 3 nitrogen and oxygen atoms in total. The molecule has 0 aliphatic carbocycles. The number of rotatable bonds is 6. The normalized spacial score (nSPS) is 11.4. The number of sulfone groups is 1. The molecule has 1 heterocycles. The predicted octanol–water partition coefficient (Wildman–Crippen LogP) is 3.18. The minimum atomic E-state index is -3.23. The van der Waals surface area contributed by atoms with Crippen LogP contribution < -0.4 is 0 Å². The van der Waals surface area contributed by atoms with E-state index >= 15 is 0 Å². The van der Waals surface area contributed by atoms with Crippen LogP contribution in [0.25, 0.3) is 0 Å². The highest BCUT2D eigenvalue weighted by Gasteiger charge is 2.16. The lowest BCUT2D eigenvalue weighted by Crippen LogP contribution is -2.07. The molecule has 0 atom stereocenters. The van der Waals surface area contributed by atoms with Crippen LogP contribution in [0.3, 0.4) is 0 Å². The van der Waals surface area contributed by atoms with Crippen LogP contribution in [0.4, 0.5) is 0 Å². The van der Waals surface area contributed by atoms with Gasteiger partial charge in [0.1, 0.15) is 4.21 Å². The summed E-state index contributed by atoms with van der Waals surface area (Å²) in [6.07, 6.45) is 0.614. The van der Waals surface area contributed by atoms with Crippen molar-refractivity contribution in [2.45, 2.75) is 17.1 Å². The van der Waals surface area contributed by atoms with Gasteiger partial charge in [-0.3, -0.25) is 4.79 Å². The maximum absolute atomic E-state index is 11.9. The standard InChI is InChI=1S/C14H14O3S2/c15-13(12-6-2-1-3-7-12)8-5-11-19(16,17)14-9-4-10-18-14/h1-4,6-7,9-10H,5,8,11H2. The fourth-order valence-electron chi connectivity index (χ4n) is 1.73. The zero-order chi connectivity index (χ0) is 13.7. The summed E-state index contributed by atoms with van der Waals surface area (Å²) >= 11 is 1.21. The van der Waals surface area contributed by atoms with E-state index in [0.717, 1.165) is 0 Å². The second-order valence-electron chi connectivity index (χ2n) is 4.14. The number of thiophene rings is 1. The Hall–Kier alpha value is -1.46. The monoisotopic (exact) mass is 294 g/mol. The minimum Gasteiger partial charge on any atom is -0.294 e.